The number of hydrogen-bond acceptors (Lipinski definition) is 2. The number of aryl methyl sites for hydroxylation is 1. The number of carbonyl (C=O) groups excluding carboxylic acids is 1. The average Bonchev–Trinajstić information content (AvgIpc) is 3.11. The van der Waals surface area contributed by atoms with E-state index in [0.717, 1.165) is 50.5 Å². The first kappa shape index (κ1) is 17.4. The first-order valence-electron chi connectivity index (χ1n) is 10.4. The van der Waals surface area contributed by atoms with E-state index in [1.54, 1.807) is 0 Å². The van der Waals surface area contributed by atoms with Crippen LogP contribution < -0.4 is 4.90 Å². The predicted octanol–water partition coefficient (Wildman–Crippen LogP) is 4.26. The second-order valence-corrected chi connectivity index (χ2v) is 8.31. The first-order valence-corrected chi connectivity index (χ1v) is 10.4. The molecule has 0 radical (unpaired) electrons. The van der Waals surface area contributed by atoms with Gasteiger partial charge in [-0.1, -0.05) is 25.1 Å². The van der Waals surface area contributed by atoms with Crippen molar-refractivity contribution in [2.45, 2.75) is 26.2 Å². The molecule has 1 aliphatic heterocycles. The molecule has 28 heavy (non-hydrogen) atoms. The smallest absolute Gasteiger partial charge is 0.253 e. The molecule has 2 aliphatic rings. The van der Waals surface area contributed by atoms with Gasteiger partial charge in [0.05, 0.1) is 0 Å². The van der Waals surface area contributed by atoms with Crippen molar-refractivity contribution in [2.75, 3.05) is 31.1 Å². The van der Waals surface area contributed by atoms with Gasteiger partial charge in [0.2, 0.25) is 0 Å². The zero-order valence-electron chi connectivity index (χ0n) is 16.4. The van der Waals surface area contributed by atoms with E-state index in [0.29, 0.717) is 0 Å². The van der Waals surface area contributed by atoms with Crippen LogP contribution in [-0.4, -0.2) is 42.0 Å². The molecule has 0 saturated carbocycles. The number of fused-ring (bicyclic) bond motifs is 3. The molecule has 2 aromatic carbocycles. The van der Waals surface area contributed by atoms with Crippen molar-refractivity contribution < 1.29 is 4.79 Å². The Balaban J connectivity index is 1.34. The van der Waals surface area contributed by atoms with Crippen LogP contribution in [0.5, 0.6) is 0 Å². The Morgan fingerprint density at radius 3 is 2.61 bits per heavy atom. The van der Waals surface area contributed by atoms with Crippen LogP contribution in [0, 0.1) is 5.92 Å². The molecular weight excluding hydrogens is 346 g/mol. The van der Waals surface area contributed by atoms with Crippen molar-refractivity contribution in [1.82, 2.24) is 9.88 Å². The van der Waals surface area contributed by atoms with E-state index in [4.69, 9.17) is 0 Å². The molecular formula is C24H27N3O. The lowest BCUT2D eigenvalue weighted by Crippen LogP contribution is -2.48. The van der Waals surface area contributed by atoms with E-state index in [1.165, 1.54) is 34.3 Å². The Hall–Kier alpha value is -2.75. The van der Waals surface area contributed by atoms with Gasteiger partial charge in [-0.25, -0.2) is 0 Å². The summed E-state index contributed by atoms with van der Waals surface area (Å²) in [5.74, 6) is 0.880. The molecule has 1 unspecified atom stereocenters. The molecule has 4 heteroatoms. The molecule has 5 rings (SSSR count). The van der Waals surface area contributed by atoms with Gasteiger partial charge in [0.1, 0.15) is 0 Å². The molecule has 0 spiro atoms. The topological polar surface area (TPSA) is 39.3 Å². The molecule has 1 aliphatic carbocycles. The summed E-state index contributed by atoms with van der Waals surface area (Å²) in [6.07, 6.45) is 3.48. The Bertz CT molecular complexity index is 999. The number of aromatic amines is 1. The molecule has 1 saturated heterocycles. The van der Waals surface area contributed by atoms with Gasteiger partial charge < -0.3 is 14.8 Å². The number of para-hydroxylation sites is 1. The Labute approximate surface area is 166 Å². The zero-order chi connectivity index (χ0) is 19.1. The minimum atomic E-state index is 0.161. The van der Waals surface area contributed by atoms with Crippen LogP contribution in [0.2, 0.25) is 0 Å². The summed E-state index contributed by atoms with van der Waals surface area (Å²) in [5.41, 5.74) is 6.03. The number of nitrogens with one attached hydrogen (secondary N) is 1. The van der Waals surface area contributed by atoms with Crippen molar-refractivity contribution >= 4 is 22.5 Å². The number of H-pyrrole nitrogens is 1. The van der Waals surface area contributed by atoms with Crippen LogP contribution in [0.1, 0.15) is 35.0 Å². The highest BCUT2D eigenvalue weighted by Gasteiger charge is 2.24. The molecule has 3 aromatic rings. The van der Waals surface area contributed by atoms with E-state index in [1.807, 2.05) is 17.0 Å². The van der Waals surface area contributed by atoms with Gasteiger partial charge in [-0.15, -0.1) is 0 Å². The predicted molar refractivity (Wildman–Crippen MR) is 114 cm³/mol. The third kappa shape index (κ3) is 3.07. The summed E-state index contributed by atoms with van der Waals surface area (Å²) in [6, 6.07) is 16.7. The monoisotopic (exact) mass is 373 g/mol. The van der Waals surface area contributed by atoms with Crippen LogP contribution in [0.25, 0.3) is 10.9 Å². The number of hydrogen-bond donors (Lipinski definition) is 1. The minimum absolute atomic E-state index is 0.161. The van der Waals surface area contributed by atoms with Gasteiger partial charge in [-0.2, -0.15) is 0 Å². The second-order valence-electron chi connectivity index (χ2n) is 8.31. The summed E-state index contributed by atoms with van der Waals surface area (Å²) < 4.78 is 0. The molecule has 1 amide bonds. The average molecular weight is 374 g/mol. The number of carbonyl (C=O) groups is 1. The number of rotatable bonds is 2. The summed E-state index contributed by atoms with van der Waals surface area (Å²) >= 11 is 0. The molecule has 1 N–H and O–H groups in total. The van der Waals surface area contributed by atoms with Crippen molar-refractivity contribution in [3.8, 4) is 0 Å². The fourth-order valence-electron chi connectivity index (χ4n) is 4.71. The van der Waals surface area contributed by atoms with E-state index in [-0.39, 0.29) is 5.91 Å². The Kier molecular flexibility index (Phi) is 4.34. The zero-order valence-corrected chi connectivity index (χ0v) is 16.4. The van der Waals surface area contributed by atoms with Crippen LogP contribution in [0.15, 0.2) is 48.5 Å². The lowest BCUT2D eigenvalue weighted by Gasteiger charge is -2.36. The maximum absolute atomic E-state index is 13.1. The molecule has 1 aromatic heterocycles. The van der Waals surface area contributed by atoms with E-state index < -0.39 is 0 Å². The summed E-state index contributed by atoms with van der Waals surface area (Å²) in [4.78, 5) is 21.1. The minimum Gasteiger partial charge on any atom is -0.368 e. The number of anilines is 1. The molecule has 144 valence electrons. The number of aromatic nitrogens is 1. The van der Waals surface area contributed by atoms with Crippen molar-refractivity contribution in [3.63, 3.8) is 0 Å². The quantitative estimate of drug-likeness (QED) is 0.729. The fourth-order valence-corrected chi connectivity index (χ4v) is 4.71. The molecule has 1 atom stereocenters. The Morgan fingerprint density at radius 2 is 1.82 bits per heavy atom. The SMILES string of the molecule is CC1CCc2[nH]c3ccc(C(=O)N4CCN(c5ccccc5)CC4)cc3c2C1. The van der Waals surface area contributed by atoms with Gasteiger partial charge in [0.15, 0.2) is 0 Å². The summed E-state index contributed by atoms with van der Waals surface area (Å²) in [6.45, 7) is 5.63. The lowest BCUT2D eigenvalue weighted by molar-refractivity contribution is 0.0747. The van der Waals surface area contributed by atoms with Gasteiger partial charge in [-0.3, -0.25) is 4.79 Å². The number of benzene rings is 2. The normalized spacial score (nSPS) is 19.7. The molecule has 0 bridgehead atoms. The third-order valence-electron chi connectivity index (χ3n) is 6.37. The highest BCUT2D eigenvalue weighted by molar-refractivity contribution is 5.99. The lowest BCUT2D eigenvalue weighted by atomic mass is 9.87. The highest BCUT2D eigenvalue weighted by Crippen LogP contribution is 2.32. The first-order chi connectivity index (χ1) is 13.7. The van der Waals surface area contributed by atoms with Gasteiger partial charge in [0.25, 0.3) is 5.91 Å². The van der Waals surface area contributed by atoms with E-state index >= 15 is 0 Å². The van der Waals surface area contributed by atoms with Gasteiger partial charge in [0, 0.05) is 54.0 Å². The van der Waals surface area contributed by atoms with Crippen LogP contribution in [-0.2, 0) is 12.8 Å². The summed E-state index contributed by atoms with van der Waals surface area (Å²) in [5, 5.41) is 1.25. The molecule has 4 nitrogen and oxygen atoms in total. The van der Waals surface area contributed by atoms with Crippen LogP contribution in [0.4, 0.5) is 5.69 Å². The largest absolute Gasteiger partial charge is 0.368 e. The maximum Gasteiger partial charge on any atom is 0.253 e. The van der Waals surface area contributed by atoms with Crippen molar-refractivity contribution in [3.05, 3.63) is 65.4 Å². The number of nitrogens with zero attached hydrogens (tertiary/aromatic N) is 2. The molecule has 2 heterocycles. The fraction of sp³-hybridized carbons (Fsp3) is 0.375. The van der Waals surface area contributed by atoms with Gasteiger partial charge in [-0.05, 0) is 61.1 Å². The number of piperazine rings is 1. The standard InChI is InChI=1S/C24H27N3O/c1-17-7-9-22-20(15-17)21-16-18(8-10-23(21)25-22)24(28)27-13-11-26(12-14-27)19-5-3-2-4-6-19/h2-6,8,10,16-17,25H,7,9,11-15H2,1H3. The van der Waals surface area contributed by atoms with Crippen molar-refractivity contribution in [1.29, 1.82) is 0 Å². The highest BCUT2D eigenvalue weighted by atomic mass is 16.2. The van der Waals surface area contributed by atoms with Crippen LogP contribution in [0.3, 0.4) is 0 Å². The maximum atomic E-state index is 13.1. The van der Waals surface area contributed by atoms with Crippen LogP contribution >= 0.6 is 0 Å². The number of amides is 1. The third-order valence-corrected chi connectivity index (χ3v) is 6.37. The van der Waals surface area contributed by atoms with E-state index in [2.05, 4.69) is 53.2 Å². The van der Waals surface area contributed by atoms with Gasteiger partial charge >= 0.3 is 0 Å². The van der Waals surface area contributed by atoms with E-state index in [9.17, 15) is 4.79 Å². The Morgan fingerprint density at radius 1 is 1.04 bits per heavy atom. The summed E-state index contributed by atoms with van der Waals surface area (Å²) in [7, 11) is 0. The second kappa shape index (κ2) is 7.01. The van der Waals surface area contributed by atoms with Crippen molar-refractivity contribution in [2.24, 2.45) is 5.92 Å². The molecule has 1 fully saturated rings.